The van der Waals surface area contributed by atoms with E-state index in [1.807, 2.05) is 12.1 Å². The lowest BCUT2D eigenvalue weighted by Gasteiger charge is -2.09. The molecule has 0 spiro atoms. The van der Waals surface area contributed by atoms with E-state index in [0.29, 0.717) is 6.61 Å². The lowest BCUT2D eigenvalue weighted by Crippen LogP contribution is -1.96. The summed E-state index contributed by atoms with van der Waals surface area (Å²) in [7, 11) is 0. The molecule has 0 amide bonds. The molecule has 1 N–H and O–H groups in total. The molecule has 0 saturated heterocycles. The van der Waals surface area contributed by atoms with Crippen LogP contribution in [0.1, 0.15) is 29.2 Å². The van der Waals surface area contributed by atoms with Crippen molar-refractivity contribution in [2.24, 2.45) is 0 Å². The number of benzene rings is 2. The molecular weight excluding hydrogens is 280 g/mol. The minimum absolute atomic E-state index is 0.296. The number of hydrogen-bond donors (Lipinski definition) is 1. The Morgan fingerprint density at radius 1 is 1.19 bits per heavy atom. The fourth-order valence-corrected chi connectivity index (χ4v) is 3.91. The fourth-order valence-electron chi connectivity index (χ4n) is 2.97. The van der Waals surface area contributed by atoms with E-state index in [0.717, 1.165) is 24.2 Å². The lowest BCUT2D eigenvalue weighted by molar-refractivity contribution is 0.180. The van der Waals surface area contributed by atoms with Crippen LogP contribution in [-0.4, -0.2) is 5.11 Å². The molecule has 21 heavy (non-hydrogen) atoms. The van der Waals surface area contributed by atoms with Gasteiger partial charge in [-0.2, -0.15) is 0 Å². The summed E-state index contributed by atoms with van der Waals surface area (Å²) in [6.07, 6.45) is 1.47. The van der Waals surface area contributed by atoms with Crippen LogP contribution in [0.4, 0.5) is 0 Å². The van der Waals surface area contributed by atoms with E-state index in [2.05, 4.69) is 35.7 Å². The molecule has 0 fully saturated rings. The molecule has 3 heteroatoms. The maximum atomic E-state index is 9.83. The van der Waals surface area contributed by atoms with Crippen LogP contribution in [0, 0.1) is 0 Å². The number of thiophene rings is 1. The number of aryl methyl sites for hydroxylation is 1. The summed E-state index contributed by atoms with van der Waals surface area (Å²) in [5, 5.41) is 13.3. The normalized spacial score (nSPS) is 17.1. The lowest BCUT2D eigenvalue weighted by atomic mass is 10.1. The highest BCUT2D eigenvalue weighted by atomic mass is 32.1. The van der Waals surface area contributed by atoms with Crippen molar-refractivity contribution < 1.29 is 9.84 Å². The predicted octanol–water partition coefficient (Wildman–Crippen LogP) is 4.46. The summed E-state index contributed by atoms with van der Waals surface area (Å²) in [6.45, 7) is 0.589. The van der Waals surface area contributed by atoms with Crippen LogP contribution < -0.4 is 4.74 Å². The predicted molar refractivity (Wildman–Crippen MR) is 85.9 cm³/mol. The zero-order valence-electron chi connectivity index (χ0n) is 11.6. The highest BCUT2D eigenvalue weighted by Gasteiger charge is 2.20. The average Bonchev–Trinajstić information content (AvgIpc) is 3.09. The van der Waals surface area contributed by atoms with Gasteiger partial charge in [-0.3, -0.25) is 0 Å². The first kappa shape index (κ1) is 12.9. The van der Waals surface area contributed by atoms with E-state index in [9.17, 15) is 5.11 Å². The van der Waals surface area contributed by atoms with Crippen LogP contribution in [0.2, 0.25) is 0 Å². The average molecular weight is 296 g/mol. The fraction of sp³-hybridized carbons (Fsp3) is 0.222. The Hall–Kier alpha value is -1.84. The van der Waals surface area contributed by atoms with Crippen molar-refractivity contribution in [1.29, 1.82) is 0 Å². The molecule has 1 aliphatic carbocycles. The first-order chi connectivity index (χ1) is 10.3. The summed E-state index contributed by atoms with van der Waals surface area (Å²) in [6, 6.07) is 14.4. The van der Waals surface area contributed by atoms with Crippen molar-refractivity contribution in [3.05, 3.63) is 64.5 Å². The third kappa shape index (κ3) is 2.33. The van der Waals surface area contributed by atoms with Crippen LogP contribution >= 0.6 is 11.3 Å². The zero-order valence-corrected chi connectivity index (χ0v) is 12.4. The number of aliphatic hydroxyl groups excluding tert-OH is 1. The van der Waals surface area contributed by atoms with Gasteiger partial charge in [0.2, 0.25) is 0 Å². The van der Waals surface area contributed by atoms with Crippen LogP contribution in [-0.2, 0) is 13.0 Å². The number of hydrogen-bond acceptors (Lipinski definition) is 3. The summed E-state index contributed by atoms with van der Waals surface area (Å²) in [5.41, 5.74) is 3.51. The van der Waals surface area contributed by atoms with Crippen LogP contribution in [0.5, 0.6) is 5.75 Å². The molecule has 0 bridgehead atoms. The molecule has 1 heterocycles. The molecule has 2 aromatic carbocycles. The van der Waals surface area contributed by atoms with Crippen molar-refractivity contribution in [2.45, 2.75) is 25.6 Å². The molecule has 1 atom stereocenters. The third-order valence-electron chi connectivity index (χ3n) is 4.12. The van der Waals surface area contributed by atoms with Gasteiger partial charge in [-0.15, -0.1) is 11.3 Å². The van der Waals surface area contributed by atoms with Gasteiger partial charge < -0.3 is 9.84 Å². The van der Waals surface area contributed by atoms with Crippen molar-refractivity contribution in [3.63, 3.8) is 0 Å². The van der Waals surface area contributed by atoms with E-state index >= 15 is 0 Å². The number of fused-ring (bicyclic) bond motifs is 2. The van der Waals surface area contributed by atoms with Crippen molar-refractivity contribution in [3.8, 4) is 5.75 Å². The molecule has 4 rings (SSSR count). The summed E-state index contributed by atoms with van der Waals surface area (Å²) < 4.78 is 7.24. The van der Waals surface area contributed by atoms with E-state index in [1.165, 1.54) is 21.2 Å². The molecule has 0 unspecified atom stereocenters. The molecule has 2 nitrogen and oxygen atoms in total. The van der Waals surface area contributed by atoms with Gasteiger partial charge in [0.15, 0.2) is 0 Å². The number of aliphatic hydroxyl groups is 1. The Morgan fingerprint density at radius 3 is 3.05 bits per heavy atom. The summed E-state index contributed by atoms with van der Waals surface area (Å²) in [5.74, 6) is 0.887. The Kier molecular flexibility index (Phi) is 3.17. The standard InChI is InChI=1S/C18H16O2S/c19-17-8-5-12-9-14(6-7-15(12)17)20-10-13-11-21-18-4-2-1-3-16(13)18/h1-4,6-7,9,11,17,19H,5,8,10H2/t17-/m1/s1. The quantitative estimate of drug-likeness (QED) is 0.773. The van der Waals surface area contributed by atoms with Crippen molar-refractivity contribution in [1.82, 2.24) is 0 Å². The molecule has 1 aromatic heterocycles. The number of ether oxygens (including phenoxy) is 1. The second-order valence-electron chi connectivity index (χ2n) is 5.46. The molecule has 0 radical (unpaired) electrons. The molecule has 106 valence electrons. The Bertz CT molecular complexity index is 791. The van der Waals surface area contributed by atoms with E-state index in [4.69, 9.17) is 4.74 Å². The highest BCUT2D eigenvalue weighted by molar-refractivity contribution is 7.17. The minimum Gasteiger partial charge on any atom is -0.489 e. The third-order valence-corrected chi connectivity index (χ3v) is 5.13. The van der Waals surface area contributed by atoms with E-state index in [1.54, 1.807) is 11.3 Å². The summed E-state index contributed by atoms with van der Waals surface area (Å²) >= 11 is 1.76. The Labute approximate surface area is 127 Å². The molecular formula is C18H16O2S. The largest absolute Gasteiger partial charge is 0.489 e. The van der Waals surface area contributed by atoms with Gasteiger partial charge in [-0.05, 0) is 52.9 Å². The first-order valence-corrected chi connectivity index (χ1v) is 8.08. The second kappa shape index (κ2) is 5.17. The van der Waals surface area contributed by atoms with Crippen molar-refractivity contribution >= 4 is 21.4 Å². The SMILES string of the molecule is O[C@@H]1CCc2cc(OCc3csc4ccccc34)ccc21. The maximum Gasteiger partial charge on any atom is 0.120 e. The van der Waals surface area contributed by atoms with Crippen LogP contribution in [0.15, 0.2) is 47.8 Å². The van der Waals surface area contributed by atoms with Crippen molar-refractivity contribution in [2.75, 3.05) is 0 Å². The Morgan fingerprint density at radius 2 is 2.10 bits per heavy atom. The summed E-state index contributed by atoms with van der Waals surface area (Å²) in [4.78, 5) is 0. The van der Waals surface area contributed by atoms with Gasteiger partial charge in [0.1, 0.15) is 12.4 Å². The Balaban J connectivity index is 1.55. The van der Waals surface area contributed by atoms with Gasteiger partial charge >= 0.3 is 0 Å². The van der Waals surface area contributed by atoms with Gasteiger partial charge in [0.05, 0.1) is 6.10 Å². The van der Waals surface area contributed by atoms with Gasteiger partial charge in [0, 0.05) is 10.3 Å². The molecule has 0 saturated carbocycles. The van der Waals surface area contributed by atoms with Crippen LogP contribution in [0.3, 0.4) is 0 Å². The topological polar surface area (TPSA) is 29.5 Å². The maximum absolute atomic E-state index is 9.83. The van der Waals surface area contributed by atoms with Crippen LogP contribution in [0.25, 0.3) is 10.1 Å². The molecule has 3 aromatic rings. The van der Waals surface area contributed by atoms with E-state index < -0.39 is 0 Å². The highest BCUT2D eigenvalue weighted by Crippen LogP contribution is 2.34. The van der Waals surface area contributed by atoms with E-state index in [-0.39, 0.29) is 6.10 Å². The minimum atomic E-state index is -0.296. The molecule has 0 aliphatic heterocycles. The second-order valence-corrected chi connectivity index (χ2v) is 6.37. The first-order valence-electron chi connectivity index (χ1n) is 7.20. The van der Waals surface area contributed by atoms with Gasteiger partial charge in [-0.1, -0.05) is 24.3 Å². The zero-order chi connectivity index (χ0) is 14.2. The van der Waals surface area contributed by atoms with Gasteiger partial charge in [0.25, 0.3) is 0 Å². The monoisotopic (exact) mass is 296 g/mol. The smallest absolute Gasteiger partial charge is 0.120 e. The molecule has 1 aliphatic rings. The number of rotatable bonds is 3. The van der Waals surface area contributed by atoms with Gasteiger partial charge in [-0.25, -0.2) is 0 Å².